The van der Waals surface area contributed by atoms with E-state index in [1.54, 1.807) is 50.6 Å². The molecule has 0 saturated carbocycles. The summed E-state index contributed by atoms with van der Waals surface area (Å²) in [4.78, 5) is 12.7. The average Bonchev–Trinajstić information content (AvgIpc) is 2.91. The summed E-state index contributed by atoms with van der Waals surface area (Å²) in [5.41, 5.74) is 2.16. The number of anilines is 1. The van der Waals surface area contributed by atoms with Crippen molar-refractivity contribution in [1.29, 1.82) is 5.26 Å². The molecule has 0 aromatic heterocycles. The van der Waals surface area contributed by atoms with E-state index >= 15 is 0 Å². The van der Waals surface area contributed by atoms with E-state index in [-0.39, 0.29) is 5.57 Å². The quantitative estimate of drug-likeness (QED) is 0.197. The zero-order valence-electron chi connectivity index (χ0n) is 19.7. The topological polar surface area (TPSA) is 80.6 Å². The van der Waals surface area contributed by atoms with Gasteiger partial charge >= 0.3 is 0 Å². The van der Waals surface area contributed by atoms with Gasteiger partial charge in [0.1, 0.15) is 24.0 Å². The van der Waals surface area contributed by atoms with Crippen LogP contribution in [-0.2, 0) is 11.4 Å². The average molecular weight is 543 g/mol. The van der Waals surface area contributed by atoms with Gasteiger partial charge in [0, 0.05) is 5.69 Å². The first-order valence-corrected chi connectivity index (χ1v) is 11.9. The summed E-state index contributed by atoms with van der Waals surface area (Å²) in [6.07, 6.45) is 1.50. The number of hydrogen-bond donors (Lipinski definition) is 1. The van der Waals surface area contributed by atoms with Crippen LogP contribution in [0.2, 0.25) is 0 Å². The Kier molecular flexibility index (Phi) is 7.89. The standard InChI is InChI=1S/C29H23BrN2O4/c1-34-24-12-10-23(11-13-24)32-29(33)22(17-31)14-19-15-26(30)28(27(16-19)35-2)36-18-21-8-5-7-20-6-3-4-9-25(20)21/h3-16H,18H2,1-2H3,(H,32,33)/b22-14+. The van der Waals surface area contributed by atoms with Crippen molar-refractivity contribution in [3.05, 3.63) is 100 Å². The molecular formula is C29H23BrN2O4. The molecule has 0 radical (unpaired) electrons. The number of fused-ring (bicyclic) bond motifs is 1. The Balaban J connectivity index is 1.55. The molecule has 0 heterocycles. The molecule has 1 amide bonds. The monoisotopic (exact) mass is 542 g/mol. The van der Waals surface area contributed by atoms with Crippen LogP contribution in [0.1, 0.15) is 11.1 Å². The number of nitriles is 1. The van der Waals surface area contributed by atoms with Crippen LogP contribution >= 0.6 is 15.9 Å². The molecule has 0 saturated heterocycles. The van der Waals surface area contributed by atoms with Crippen molar-refractivity contribution in [2.24, 2.45) is 0 Å². The molecule has 36 heavy (non-hydrogen) atoms. The molecule has 0 aliphatic carbocycles. The first kappa shape index (κ1) is 24.8. The zero-order chi connectivity index (χ0) is 25.5. The molecule has 0 aliphatic heterocycles. The highest BCUT2D eigenvalue weighted by molar-refractivity contribution is 9.10. The molecule has 180 valence electrons. The van der Waals surface area contributed by atoms with E-state index < -0.39 is 5.91 Å². The predicted molar refractivity (Wildman–Crippen MR) is 144 cm³/mol. The Hall–Kier alpha value is -4.28. The fourth-order valence-corrected chi connectivity index (χ4v) is 4.29. The Labute approximate surface area is 217 Å². The molecule has 0 atom stereocenters. The third kappa shape index (κ3) is 5.68. The normalized spacial score (nSPS) is 11.0. The predicted octanol–water partition coefficient (Wildman–Crippen LogP) is 6.74. The van der Waals surface area contributed by atoms with Crippen molar-refractivity contribution in [2.45, 2.75) is 6.61 Å². The lowest BCUT2D eigenvalue weighted by Crippen LogP contribution is -2.13. The van der Waals surface area contributed by atoms with Crippen LogP contribution in [-0.4, -0.2) is 20.1 Å². The SMILES string of the molecule is COc1ccc(NC(=O)/C(C#N)=C/c2cc(Br)c(OCc3cccc4ccccc34)c(OC)c2)cc1. The van der Waals surface area contributed by atoms with Gasteiger partial charge in [-0.15, -0.1) is 0 Å². The summed E-state index contributed by atoms with van der Waals surface area (Å²) in [7, 11) is 3.11. The highest BCUT2D eigenvalue weighted by Crippen LogP contribution is 2.38. The van der Waals surface area contributed by atoms with Crippen molar-refractivity contribution in [3.8, 4) is 23.3 Å². The van der Waals surface area contributed by atoms with Gasteiger partial charge in [0.2, 0.25) is 0 Å². The minimum Gasteiger partial charge on any atom is -0.497 e. The number of methoxy groups -OCH3 is 2. The van der Waals surface area contributed by atoms with Gasteiger partial charge in [0.15, 0.2) is 11.5 Å². The van der Waals surface area contributed by atoms with E-state index in [1.165, 1.54) is 6.08 Å². The second kappa shape index (κ2) is 11.4. The second-order valence-electron chi connectivity index (χ2n) is 7.81. The number of nitrogens with zero attached hydrogens (tertiary/aromatic N) is 1. The summed E-state index contributed by atoms with van der Waals surface area (Å²) < 4.78 is 17.5. The number of carbonyl (C=O) groups excluding carboxylic acids is 1. The zero-order valence-corrected chi connectivity index (χ0v) is 21.3. The van der Waals surface area contributed by atoms with Gasteiger partial charge in [-0.25, -0.2) is 0 Å². The number of hydrogen-bond acceptors (Lipinski definition) is 5. The Bertz CT molecular complexity index is 1470. The largest absolute Gasteiger partial charge is 0.497 e. The third-order valence-electron chi connectivity index (χ3n) is 5.53. The van der Waals surface area contributed by atoms with E-state index in [1.807, 2.05) is 30.3 Å². The maximum Gasteiger partial charge on any atom is 0.266 e. The van der Waals surface area contributed by atoms with E-state index in [9.17, 15) is 10.1 Å². The fraction of sp³-hybridized carbons (Fsp3) is 0.103. The van der Waals surface area contributed by atoms with Crippen LogP contribution in [0.15, 0.2) is 88.9 Å². The van der Waals surface area contributed by atoms with Gasteiger partial charge in [0.05, 0.1) is 18.7 Å². The maximum absolute atomic E-state index is 12.7. The Morgan fingerprint density at radius 1 is 1.00 bits per heavy atom. The van der Waals surface area contributed by atoms with Crippen molar-refractivity contribution in [2.75, 3.05) is 19.5 Å². The number of benzene rings is 4. The van der Waals surface area contributed by atoms with Crippen LogP contribution in [0.4, 0.5) is 5.69 Å². The van der Waals surface area contributed by atoms with Gasteiger partial charge in [0.25, 0.3) is 5.91 Å². The first-order chi connectivity index (χ1) is 17.5. The number of amides is 1. The first-order valence-electron chi connectivity index (χ1n) is 11.1. The van der Waals surface area contributed by atoms with Gasteiger partial charge < -0.3 is 19.5 Å². The summed E-state index contributed by atoms with van der Waals surface area (Å²) in [5, 5.41) is 14.6. The summed E-state index contributed by atoms with van der Waals surface area (Å²) in [6.45, 7) is 0.346. The summed E-state index contributed by atoms with van der Waals surface area (Å²) >= 11 is 3.55. The summed E-state index contributed by atoms with van der Waals surface area (Å²) in [6, 6.07) is 26.5. The Morgan fingerprint density at radius 3 is 2.47 bits per heavy atom. The number of halogens is 1. The van der Waals surface area contributed by atoms with E-state index in [0.29, 0.717) is 39.6 Å². The van der Waals surface area contributed by atoms with Crippen molar-refractivity contribution in [3.63, 3.8) is 0 Å². The molecule has 0 unspecified atom stereocenters. The molecule has 1 N–H and O–H groups in total. The number of ether oxygens (including phenoxy) is 3. The van der Waals surface area contributed by atoms with Gasteiger partial charge in [-0.3, -0.25) is 4.79 Å². The Morgan fingerprint density at radius 2 is 1.75 bits per heavy atom. The minimum absolute atomic E-state index is 0.0517. The lowest BCUT2D eigenvalue weighted by atomic mass is 10.1. The van der Waals surface area contributed by atoms with Gasteiger partial charge in [-0.05, 0) is 80.3 Å². The minimum atomic E-state index is -0.519. The molecule has 0 spiro atoms. The lowest BCUT2D eigenvalue weighted by Gasteiger charge is -2.15. The maximum atomic E-state index is 12.7. The summed E-state index contributed by atoms with van der Waals surface area (Å²) in [5.74, 6) is 1.16. The lowest BCUT2D eigenvalue weighted by molar-refractivity contribution is -0.112. The van der Waals surface area contributed by atoms with Crippen LogP contribution < -0.4 is 19.5 Å². The smallest absolute Gasteiger partial charge is 0.266 e. The molecule has 4 aromatic rings. The molecule has 0 fully saturated rings. The fourth-order valence-electron chi connectivity index (χ4n) is 3.72. The van der Waals surface area contributed by atoms with Crippen LogP contribution in [0.5, 0.6) is 17.2 Å². The second-order valence-corrected chi connectivity index (χ2v) is 8.67. The van der Waals surface area contributed by atoms with Crippen LogP contribution in [0.3, 0.4) is 0 Å². The van der Waals surface area contributed by atoms with Crippen molar-refractivity contribution >= 4 is 44.4 Å². The van der Waals surface area contributed by atoms with Gasteiger partial charge in [-0.1, -0.05) is 42.5 Å². The molecule has 0 aliphatic rings. The van der Waals surface area contributed by atoms with E-state index in [4.69, 9.17) is 14.2 Å². The van der Waals surface area contributed by atoms with Gasteiger partial charge in [-0.2, -0.15) is 5.26 Å². The molecule has 6 nitrogen and oxygen atoms in total. The van der Waals surface area contributed by atoms with Crippen molar-refractivity contribution in [1.82, 2.24) is 0 Å². The third-order valence-corrected chi connectivity index (χ3v) is 6.12. The molecule has 0 bridgehead atoms. The molecule has 4 aromatic carbocycles. The van der Waals surface area contributed by atoms with E-state index in [0.717, 1.165) is 16.3 Å². The highest BCUT2D eigenvalue weighted by Gasteiger charge is 2.15. The number of carbonyl (C=O) groups is 1. The molecular weight excluding hydrogens is 520 g/mol. The van der Waals surface area contributed by atoms with Crippen molar-refractivity contribution < 1.29 is 19.0 Å². The van der Waals surface area contributed by atoms with Crippen LogP contribution in [0, 0.1) is 11.3 Å². The number of nitrogens with one attached hydrogen (secondary N) is 1. The molecule has 7 heteroatoms. The highest BCUT2D eigenvalue weighted by atomic mass is 79.9. The number of rotatable bonds is 8. The van der Waals surface area contributed by atoms with Crippen LogP contribution in [0.25, 0.3) is 16.8 Å². The molecule has 4 rings (SSSR count). The van der Waals surface area contributed by atoms with E-state index in [2.05, 4.69) is 39.4 Å².